The number of aliphatic hydroxyl groups excluding tert-OH is 1. The molecule has 0 saturated heterocycles. The summed E-state index contributed by atoms with van der Waals surface area (Å²) in [6.07, 6.45) is 1.06. The molecule has 0 spiro atoms. The second-order valence-corrected chi connectivity index (χ2v) is 6.22. The van der Waals surface area contributed by atoms with Crippen LogP contribution >= 0.6 is 0 Å². The van der Waals surface area contributed by atoms with Crippen molar-refractivity contribution in [3.63, 3.8) is 0 Å². The van der Waals surface area contributed by atoms with Crippen LogP contribution in [0.5, 0.6) is 0 Å². The molecule has 0 saturated carbocycles. The molecule has 0 aliphatic heterocycles. The number of aryl methyl sites for hydroxylation is 1. The molecular formula is C20H26N2O2. The molecule has 0 aromatic heterocycles. The minimum atomic E-state index is 0.000556. The predicted molar refractivity (Wildman–Crippen MR) is 99.5 cm³/mol. The zero-order chi connectivity index (χ0) is 17.5. The Morgan fingerprint density at radius 3 is 2.50 bits per heavy atom. The molecule has 4 nitrogen and oxygen atoms in total. The highest BCUT2D eigenvalue weighted by molar-refractivity contribution is 5.92. The van der Waals surface area contributed by atoms with Gasteiger partial charge in [-0.15, -0.1) is 0 Å². The first-order chi connectivity index (χ1) is 11.5. The Balaban J connectivity index is 1.88. The van der Waals surface area contributed by atoms with Crippen LogP contribution in [0.4, 0.5) is 11.4 Å². The van der Waals surface area contributed by atoms with Gasteiger partial charge in [0.1, 0.15) is 0 Å². The van der Waals surface area contributed by atoms with Crippen LogP contribution in [0.1, 0.15) is 30.0 Å². The minimum absolute atomic E-state index is 0.000556. The first-order valence-corrected chi connectivity index (χ1v) is 8.32. The van der Waals surface area contributed by atoms with Crippen molar-refractivity contribution < 1.29 is 9.90 Å². The monoisotopic (exact) mass is 326 g/mol. The van der Waals surface area contributed by atoms with E-state index in [9.17, 15) is 4.79 Å². The van der Waals surface area contributed by atoms with Gasteiger partial charge in [-0.05, 0) is 62.1 Å². The maximum Gasteiger partial charge on any atom is 0.226 e. The summed E-state index contributed by atoms with van der Waals surface area (Å²) in [5, 5.41) is 15.2. The molecule has 0 bridgehead atoms. The lowest BCUT2D eigenvalue weighted by molar-refractivity contribution is -0.116. The predicted octanol–water partition coefficient (Wildman–Crippen LogP) is 3.67. The fourth-order valence-corrected chi connectivity index (χ4v) is 2.60. The standard InChI is InChI=1S/C20H26N2O2/c1-14-5-4-6-19(16(14)3)22-20(24)13-15(2)21-18-9-7-17(8-10-18)11-12-23/h4-10,15,21,23H,11-13H2,1-3H3,(H,22,24). The van der Waals surface area contributed by atoms with Crippen molar-refractivity contribution in [2.24, 2.45) is 0 Å². The van der Waals surface area contributed by atoms with Gasteiger partial charge in [0.25, 0.3) is 0 Å². The molecule has 1 unspecified atom stereocenters. The molecule has 2 aromatic carbocycles. The normalized spacial score (nSPS) is 11.8. The van der Waals surface area contributed by atoms with Crippen LogP contribution in [-0.2, 0) is 11.2 Å². The third-order valence-corrected chi connectivity index (χ3v) is 4.14. The average Bonchev–Trinajstić information content (AvgIpc) is 2.54. The molecule has 128 valence electrons. The van der Waals surface area contributed by atoms with Crippen molar-refractivity contribution in [3.8, 4) is 0 Å². The summed E-state index contributed by atoms with van der Waals surface area (Å²) in [4.78, 5) is 12.2. The zero-order valence-electron chi connectivity index (χ0n) is 14.6. The van der Waals surface area contributed by atoms with Crippen molar-refractivity contribution in [3.05, 3.63) is 59.2 Å². The Morgan fingerprint density at radius 2 is 1.83 bits per heavy atom. The van der Waals surface area contributed by atoms with Gasteiger partial charge >= 0.3 is 0 Å². The number of hydrogen-bond acceptors (Lipinski definition) is 3. The van der Waals surface area contributed by atoms with E-state index >= 15 is 0 Å². The molecular weight excluding hydrogens is 300 g/mol. The van der Waals surface area contributed by atoms with Gasteiger partial charge in [-0.2, -0.15) is 0 Å². The van der Waals surface area contributed by atoms with Crippen LogP contribution in [0.25, 0.3) is 0 Å². The van der Waals surface area contributed by atoms with Crippen LogP contribution in [0.2, 0.25) is 0 Å². The largest absolute Gasteiger partial charge is 0.396 e. The van der Waals surface area contributed by atoms with Crippen molar-refractivity contribution in [1.29, 1.82) is 0 Å². The first-order valence-electron chi connectivity index (χ1n) is 8.32. The summed E-state index contributed by atoms with van der Waals surface area (Å²) < 4.78 is 0. The van der Waals surface area contributed by atoms with E-state index in [4.69, 9.17) is 5.11 Å². The van der Waals surface area contributed by atoms with E-state index in [0.717, 1.165) is 22.5 Å². The van der Waals surface area contributed by atoms with Crippen LogP contribution in [0.15, 0.2) is 42.5 Å². The summed E-state index contributed by atoms with van der Waals surface area (Å²) in [5.74, 6) is 0.000556. The maximum absolute atomic E-state index is 12.2. The number of benzene rings is 2. The van der Waals surface area contributed by atoms with Crippen LogP contribution in [0, 0.1) is 13.8 Å². The number of carbonyl (C=O) groups is 1. The molecule has 0 fully saturated rings. The number of nitrogens with one attached hydrogen (secondary N) is 2. The molecule has 1 amide bonds. The number of amides is 1. The number of carbonyl (C=O) groups excluding carboxylic acids is 1. The molecule has 0 aliphatic rings. The topological polar surface area (TPSA) is 61.4 Å². The maximum atomic E-state index is 12.2. The van der Waals surface area contributed by atoms with Crippen molar-refractivity contribution in [2.45, 2.75) is 39.7 Å². The molecule has 0 aliphatic carbocycles. The number of aliphatic hydroxyl groups is 1. The van der Waals surface area contributed by atoms with E-state index in [-0.39, 0.29) is 18.6 Å². The Hall–Kier alpha value is -2.33. The van der Waals surface area contributed by atoms with Gasteiger partial charge in [-0.1, -0.05) is 24.3 Å². The van der Waals surface area contributed by atoms with Gasteiger partial charge in [0, 0.05) is 30.4 Å². The molecule has 1 atom stereocenters. The highest BCUT2D eigenvalue weighted by Crippen LogP contribution is 2.18. The second kappa shape index (κ2) is 8.50. The molecule has 24 heavy (non-hydrogen) atoms. The summed E-state index contributed by atoms with van der Waals surface area (Å²) in [6, 6.07) is 13.9. The van der Waals surface area contributed by atoms with Crippen molar-refractivity contribution in [2.75, 3.05) is 17.2 Å². The highest BCUT2D eigenvalue weighted by Gasteiger charge is 2.11. The van der Waals surface area contributed by atoms with Gasteiger partial charge in [0.2, 0.25) is 5.91 Å². The van der Waals surface area contributed by atoms with Gasteiger partial charge in [0.15, 0.2) is 0 Å². The quantitative estimate of drug-likeness (QED) is 0.727. The fourth-order valence-electron chi connectivity index (χ4n) is 2.60. The average molecular weight is 326 g/mol. The molecule has 4 heteroatoms. The van der Waals surface area contributed by atoms with Gasteiger partial charge in [-0.3, -0.25) is 4.79 Å². The summed E-state index contributed by atoms with van der Waals surface area (Å²) in [5.41, 5.74) is 5.22. The first kappa shape index (κ1) is 18.0. The number of hydrogen-bond donors (Lipinski definition) is 3. The van der Waals surface area contributed by atoms with Crippen molar-refractivity contribution >= 4 is 17.3 Å². The third-order valence-electron chi connectivity index (χ3n) is 4.14. The lowest BCUT2D eigenvalue weighted by Gasteiger charge is -2.16. The fraction of sp³-hybridized carbons (Fsp3) is 0.350. The van der Waals surface area contributed by atoms with Gasteiger partial charge in [0.05, 0.1) is 0 Å². The molecule has 3 N–H and O–H groups in total. The van der Waals surface area contributed by atoms with Crippen LogP contribution in [-0.4, -0.2) is 23.7 Å². The summed E-state index contributed by atoms with van der Waals surface area (Å²) in [6.45, 7) is 6.20. The Bertz CT molecular complexity index is 681. The lowest BCUT2D eigenvalue weighted by atomic mass is 10.1. The Morgan fingerprint density at radius 1 is 1.12 bits per heavy atom. The Labute approximate surface area is 143 Å². The van der Waals surface area contributed by atoms with E-state index in [2.05, 4.69) is 10.6 Å². The highest BCUT2D eigenvalue weighted by atomic mass is 16.2. The van der Waals surface area contributed by atoms with Gasteiger partial charge in [-0.25, -0.2) is 0 Å². The summed E-state index contributed by atoms with van der Waals surface area (Å²) in [7, 11) is 0. The number of anilines is 2. The van der Waals surface area contributed by atoms with Crippen molar-refractivity contribution in [1.82, 2.24) is 0 Å². The van der Waals surface area contributed by atoms with Crippen LogP contribution in [0.3, 0.4) is 0 Å². The van der Waals surface area contributed by atoms with E-state index < -0.39 is 0 Å². The summed E-state index contributed by atoms with van der Waals surface area (Å²) >= 11 is 0. The van der Waals surface area contributed by atoms with E-state index in [1.807, 2.05) is 63.2 Å². The molecule has 0 radical (unpaired) electrons. The zero-order valence-corrected chi connectivity index (χ0v) is 14.6. The Kier molecular flexibility index (Phi) is 6.38. The molecule has 2 aromatic rings. The minimum Gasteiger partial charge on any atom is -0.396 e. The van der Waals surface area contributed by atoms with Gasteiger partial charge < -0.3 is 15.7 Å². The van der Waals surface area contributed by atoms with E-state index in [1.165, 1.54) is 5.56 Å². The second-order valence-electron chi connectivity index (χ2n) is 6.22. The van der Waals surface area contributed by atoms with E-state index in [0.29, 0.717) is 12.8 Å². The van der Waals surface area contributed by atoms with E-state index in [1.54, 1.807) is 0 Å². The number of rotatable bonds is 7. The third kappa shape index (κ3) is 5.10. The molecule has 0 heterocycles. The smallest absolute Gasteiger partial charge is 0.226 e. The SMILES string of the molecule is Cc1cccc(NC(=O)CC(C)Nc2ccc(CCO)cc2)c1C. The molecule has 2 rings (SSSR count). The van der Waals surface area contributed by atoms with Crippen LogP contribution < -0.4 is 10.6 Å². The lowest BCUT2D eigenvalue weighted by Crippen LogP contribution is -2.24.